The van der Waals surface area contributed by atoms with E-state index in [1.807, 2.05) is 17.5 Å². The molecule has 0 bridgehead atoms. The van der Waals surface area contributed by atoms with E-state index in [0.717, 1.165) is 17.7 Å². The number of hydrogen-bond donors (Lipinski definition) is 2. The largest absolute Gasteiger partial charge is 0.346 e. The van der Waals surface area contributed by atoms with Gasteiger partial charge >= 0.3 is 0 Å². The second-order valence-corrected chi connectivity index (χ2v) is 6.88. The van der Waals surface area contributed by atoms with E-state index in [-0.39, 0.29) is 17.9 Å². The number of nitrogens with one attached hydrogen (secondary N) is 2. The fourth-order valence-corrected chi connectivity index (χ4v) is 3.60. The maximum Gasteiger partial charge on any atom is 0.269 e. The number of tetrazole rings is 1. The Morgan fingerprint density at radius 1 is 1.38 bits per heavy atom. The number of hydrogen-bond acceptors (Lipinski definition) is 7. The Balaban J connectivity index is 1.39. The Hall–Kier alpha value is -3.08. The highest BCUT2D eigenvalue weighted by atomic mass is 32.1. The van der Waals surface area contributed by atoms with E-state index >= 15 is 0 Å². The molecule has 3 aromatic rings. The molecule has 0 saturated carbocycles. The predicted molar refractivity (Wildman–Crippen MR) is 92.0 cm³/mol. The molecule has 2 N–H and O–H groups in total. The smallest absolute Gasteiger partial charge is 0.269 e. The summed E-state index contributed by atoms with van der Waals surface area (Å²) in [5, 5.41) is 22.3. The number of aromatic nitrogens is 6. The van der Waals surface area contributed by atoms with E-state index in [2.05, 4.69) is 31.0 Å². The standard InChI is InChI=1S/C15H16N8O2S/c24-14(11-7-13(19-18-11)23-9-16-20-21-23)17-10-3-1-5-22(8-10)15(25)12-4-2-6-26-12/h2,4,6-7,9-10H,1,3,5,8H2,(H,17,24)(H,18,19). The van der Waals surface area contributed by atoms with Gasteiger partial charge in [0.1, 0.15) is 12.0 Å². The zero-order chi connectivity index (χ0) is 17.9. The van der Waals surface area contributed by atoms with Crippen LogP contribution in [0.1, 0.15) is 33.0 Å². The van der Waals surface area contributed by atoms with E-state index in [4.69, 9.17) is 0 Å². The number of nitrogens with zero attached hydrogens (tertiary/aromatic N) is 6. The van der Waals surface area contributed by atoms with Crippen LogP contribution in [-0.2, 0) is 0 Å². The number of H-pyrrole nitrogens is 1. The van der Waals surface area contributed by atoms with E-state index in [1.165, 1.54) is 22.3 Å². The average Bonchev–Trinajstić information content (AvgIpc) is 3.43. The minimum Gasteiger partial charge on any atom is -0.346 e. The summed E-state index contributed by atoms with van der Waals surface area (Å²) in [4.78, 5) is 27.4. The van der Waals surface area contributed by atoms with Crippen LogP contribution in [0.3, 0.4) is 0 Å². The highest BCUT2D eigenvalue weighted by molar-refractivity contribution is 7.12. The Kier molecular flexibility index (Phi) is 4.44. The van der Waals surface area contributed by atoms with Gasteiger partial charge in [-0.3, -0.25) is 14.7 Å². The summed E-state index contributed by atoms with van der Waals surface area (Å²) in [5.74, 6) is 0.173. The van der Waals surface area contributed by atoms with Crippen LogP contribution in [0.15, 0.2) is 29.9 Å². The van der Waals surface area contributed by atoms with Crippen molar-refractivity contribution in [2.45, 2.75) is 18.9 Å². The SMILES string of the molecule is O=C(NC1CCCN(C(=O)c2cccs2)C1)c1cc(-n2cnnn2)n[nH]1. The Morgan fingerprint density at radius 3 is 3.08 bits per heavy atom. The summed E-state index contributed by atoms with van der Waals surface area (Å²) in [7, 11) is 0. The number of piperidine rings is 1. The molecule has 0 aromatic carbocycles. The summed E-state index contributed by atoms with van der Waals surface area (Å²) in [6, 6.07) is 5.16. The summed E-state index contributed by atoms with van der Waals surface area (Å²) in [6.45, 7) is 1.20. The lowest BCUT2D eigenvalue weighted by Gasteiger charge is -2.32. The van der Waals surface area contributed by atoms with Gasteiger partial charge in [0.15, 0.2) is 5.82 Å². The van der Waals surface area contributed by atoms with E-state index in [1.54, 1.807) is 11.0 Å². The van der Waals surface area contributed by atoms with Crippen LogP contribution >= 0.6 is 11.3 Å². The molecule has 1 aliphatic heterocycles. The van der Waals surface area contributed by atoms with Crippen LogP contribution < -0.4 is 5.32 Å². The van der Waals surface area contributed by atoms with E-state index in [9.17, 15) is 9.59 Å². The molecule has 0 radical (unpaired) electrons. The molecule has 4 rings (SSSR count). The molecule has 1 saturated heterocycles. The van der Waals surface area contributed by atoms with Gasteiger partial charge in [0.05, 0.1) is 4.88 Å². The average molecular weight is 372 g/mol. The van der Waals surface area contributed by atoms with E-state index in [0.29, 0.717) is 24.6 Å². The molecule has 1 atom stereocenters. The van der Waals surface area contributed by atoms with Crippen molar-refractivity contribution in [1.29, 1.82) is 0 Å². The number of amides is 2. The molecular weight excluding hydrogens is 356 g/mol. The van der Waals surface area contributed by atoms with Crippen molar-refractivity contribution >= 4 is 23.2 Å². The van der Waals surface area contributed by atoms with Crippen molar-refractivity contribution in [1.82, 2.24) is 40.6 Å². The number of carbonyl (C=O) groups is 2. The second kappa shape index (κ2) is 7.04. The first kappa shape index (κ1) is 16.4. The molecule has 1 fully saturated rings. The molecular formula is C15H16N8O2S. The summed E-state index contributed by atoms with van der Waals surface area (Å²) in [6.07, 6.45) is 3.07. The normalized spacial score (nSPS) is 17.2. The Bertz CT molecular complexity index is 889. The Morgan fingerprint density at radius 2 is 2.31 bits per heavy atom. The number of carbonyl (C=O) groups excluding carboxylic acids is 2. The van der Waals surface area contributed by atoms with Gasteiger partial charge in [-0.25, -0.2) is 0 Å². The molecule has 3 aromatic heterocycles. The third kappa shape index (κ3) is 3.33. The topological polar surface area (TPSA) is 122 Å². The van der Waals surface area contributed by atoms with Gasteiger partial charge in [-0.1, -0.05) is 6.07 Å². The molecule has 4 heterocycles. The Labute approximate surface area is 152 Å². The minimum atomic E-state index is -0.271. The molecule has 2 amide bonds. The van der Waals surface area contributed by atoms with Gasteiger partial charge in [-0.15, -0.1) is 16.4 Å². The summed E-state index contributed by atoms with van der Waals surface area (Å²) < 4.78 is 1.36. The second-order valence-electron chi connectivity index (χ2n) is 5.94. The third-order valence-corrected chi connectivity index (χ3v) is 5.03. The minimum absolute atomic E-state index is 0.0152. The van der Waals surface area contributed by atoms with Crippen LogP contribution in [0.2, 0.25) is 0 Å². The number of aromatic amines is 1. The van der Waals surface area contributed by atoms with Crippen molar-refractivity contribution in [3.05, 3.63) is 40.5 Å². The molecule has 134 valence electrons. The quantitative estimate of drug-likeness (QED) is 0.687. The highest BCUT2D eigenvalue weighted by Gasteiger charge is 2.26. The molecule has 26 heavy (non-hydrogen) atoms. The zero-order valence-corrected chi connectivity index (χ0v) is 14.5. The fourth-order valence-electron chi connectivity index (χ4n) is 2.91. The molecule has 0 aliphatic carbocycles. The van der Waals surface area contributed by atoms with Crippen LogP contribution in [0, 0.1) is 0 Å². The fraction of sp³-hybridized carbons (Fsp3) is 0.333. The molecule has 10 nitrogen and oxygen atoms in total. The lowest BCUT2D eigenvalue weighted by Crippen LogP contribution is -2.49. The van der Waals surface area contributed by atoms with Gasteiger partial charge in [-0.05, 0) is 34.7 Å². The zero-order valence-electron chi connectivity index (χ0n) is 13.7. The molecule has 1 unspecified atom stereocenters. The first-order valence-corrected chi connectivity index (χ1v) is 9.01. The van der Waals surface area contributed by atoms with Gasteiger partial charge in [0, 0.05) is 25.2 Å². The maximum atomic E-state index is 12.5. The first-order valence-electron chi connectivity index (χ1n) is 8.13. The van der Waals surface area contributed by atoms with E-state index < -0.39 is 0 Å². The summed E-state index contributed by atoms with van der Waals surface area (Å²) in [5.41, 5.74) is 0.317. The number of rotatable bonds is 4. The van der Waals surface area contributed by atoms with Gasteiger partial charge < -0.3 is 10.2 Å². The molecule has 1 aliphatic rings. The van der Waals surface area contributed by atoms with Crippen LogP contribution in [0.4, 0.5) is 0 Å². The van der Waals surface area contributed by atoms with Crippen LogP contribution in [0.5, 0.6) is 0 Å². The van der Waals surface area contributed by atoms with Crippen LogP contribution in [0.25, 0.3) is 5.82 Å². The van der Waals surface area contributed by atoms with Crippen LogP contribution in [-0.4, -0.2) is 66.3 Å². The van der Waals surface area contributed by atoms with Crippen molar-refractivity contribution in [2.75, 3.05) is 13.1 Å². The summed E-state index contributed by atoms with van der Waals surface area (Å²) >= 11 is 1.43. The highest BCUT2D eigenvalue weighted by Crippen LogP contribution is 2.17. The molecule has 11 heteroatoms. The number of thiophene rings is 1. The van der Waals surface area contributed by atoms with Crippen molar-refractivity contribution < 1.29 is 9.59 Å². The lowest BCUT2D eigenvalue weighted by atomic mass is 10.1. The predicted octanol–water partition coefficient (Wildman–Crippen LogP) is 0.481. The van der Waals surface area contributed by atoms with Crippen molar-refractivity contribution in [2.24, 2.45) is 0 Å². The number of likely N-dealkylation sites (tertiary alicyclic amines) is 1. The van der Waals surface area contributed by atoms with Crippen molar-refractivity contribution in [3.63, 3.8) is 0 Å². The monoisotopic (exact) mass is 372 g/mol. The van der Waals surface area contributed by atoms with Gasteiger partial charge in [0.2, 0.25) is 0 Å². The van der Waals surface area contributed by atoms with Gasteiger partial charge in [-0.2, -0.15) is 9.78 Å². The third-order valence-electron chi connectivity index (χ3n) is 4.17. The first-order chi connectivity index (χ1) is 12.7. The molecule has 0 spiro atoms. The lowest BCUT2D eigenvalue weighted by molar-refractivity contribution is 0.0679. The maximum absolute atomic E-state index is 12.5. The van der Waals surface area contributed by atoms with Gasteiger partial charge in [0.25, 0.3) is 11.8 Å². The van der Waals surface area contributed by atoms with Crippen molar-refractivity contribution in [3.8, 4) is 5.82 Å².